The first-order valence-corrected chi connectivity index (χ1v) is 12.1. The van der Waals surface area contributed by atoms with Crippen LogP contribution in [0.3, 0.4) is 0 Å². The Labute approximate surface area is 209 Å². The molecule has 8 nitrogen and oxygen atoms in total. The number of nitrogen functional groups attached to an aromatic ring is 2. The molecule has 1 aliphatic carbocycles. The van der Waals surface area contributed by atoms with Crippen LogP contribution in [0.4, 0.5) is 11.6 Å². The molecule has 176 valence electrons. The molecule has 0 bridgehead atoms. The quantitative estimate of drug-likeness (QED) is 0.276. The van der Waals surface area contributed by atoms with E-state index in [4.69, 9.17) is 11.5 Å². The number of pyridine rings is 1. The molecule has 35 heavy (non-hydrogen) atoms. The number of fused-ring (bicyclic) bond motifs is 4. The Morgan fingerprint density at radius 2 is 1.83 bits per heavy atom. The van der Waals surface area contributed by atoms with E-state index in [0.717, 1.165) is 37.2 Å². The monoisotopic (exact) mass is 530 g/mol. The summed E-state index contributed by atoms with van der Waals surface area (Å²) in [7, 11) is 0. The average Bonchev–Trinajstić information content (AvgIpc) is 3.33. The third-order valence-electron chi connectivity index (χ3n) is 6.90. The van der Waals surface area contributed by atoms with Crippen LogP contribution in [0.25, 0.3) is 38.9 Å². The van der Waals surface area contributed by atoms with Crippen LogP contribution in [0.2, 0.25) is 0 Å². The van der Waals surface area contributed by atoms with Gasteiger partial charge in [-0.2, -0.15) is 0 Å². The molecule has 1 saturated carbocycles. The van der Waals surface area contributed by atoms with Crippen molar-refractivity contribution in [1.29, 1.82) is 0 Å². The first kappa shape index (κ1) is 22.0. The fraction of sp³-hybridized carbons (Fsp3) is 0.192. The number of nitrogens with zero attached hydrogens (tertiary/aromatic N) is 4. The molecular formula is C26H23BrN6O2. The number of halogens is 1. The van der Waals surface area contributed by atoms with Gasteiger partial charge in [0.2, 0.25) is 0 Å². The molecular weight excluding hydrogens is 508 g/mol. The minimum Gasteiger partial charge on any atom is -0.390 e. The second-order valence-corrected chi connectivity index (χ2v) is 9.81. The molecule has 6 N–H and O–H groups in total. The zero-order valence-corrected chi connectivity index (χ0v) is 20.2. The van der Waals surface area contributed by atoms with Crippen molar-refractivity contribution in [3.05, 3.63) is 71.0 Å². The predicted molar refractivity (Wildman–Crippen MR) is 141 cm³/mol. The third kappa shape index (κ3) is 3.54. The van der Waals surface area contributed by atoms with E-state index in [0.29, 0.717) is 23.7 Å². The number of aromatic nitrogens is 4. The Hall–Kier alpha value is -3.53. The van der Waals surface area contributed by atoms with Gasteiger partial charge in [-0.15, -0.1) is 0 Å². The van der Waals surface area contributed by atoms with Crippen LogP contribution in [0, 0.1) is 5.92 Å². The van der Waals surface area contributed by atoms with Crippen molar-refractivity contribution in [2.45, 2.75) is 24.7 Å². The van der Waals surface area contributed by atoms with Crippen LogP contribution < -0.4 is 11.5 Å². The maximum absolute atomic E-state index is 11.1. The summed E-state index contributed by atoms with van der Waals surface area (Å²) < 4.78 is 2.75. The lowest BCUT2D eigenvalue weighted by Crippen LogP contribution is -2.29. The summed E-state index contributed by atoms with van der Waals surface area (Å²) in [5.41, 5.74) is 15.4. The summed E-state index contributed by atoms with van der Waals surface area (Å²) in [6.45, 7) is 0. The third-order valence-corrected chi connectivity index (χ3v) is 7.54. The maximum Gasteiger partial charge on any atom is 0.146 e. The Morgan fingerprint density at radius 1 is 1.00 bits per heavy atom. The van der Waals surface area contributed by atoms with Crippen molar-refractivity contribution >= 4 is 66.5 Å². The Morgan fingerprint density at radius 3 is 2.69 bits per heavy atom. The summed E-state index contributed by atoms with van der Waals surface area (Å²) in [6, 6.07) is 15.3. The van der Waals surface area contributed by atoms with Gasteiger partial charge >= 0.3 is 0 Å². The highest BCUT2D eigenvalue weighted by atomic mass is 79.9. The van der Waals surface area contributed by atoms with Gasteiger partial charge in [0.05, 0.1) is 33.0 Å². The van der Waals surface area contributed by atoms with Crippen LogP contribution in [0.1, 0.15) is 18.0 Å². The molecule has 1 aliphatic rings. The largest absolute Gasteiger partial charge is 0.390 e. The smallest absolute Gasteiger partial charge is 0.146 e. The van der Waals surface area contributed by atoms with E-state index in [9.17, 15) is 10.2 Å². The minimum atomic E-state index is -0.963. The highest BCUT2D eigenvalue weighted by molar-refractivity contribution is 9.10. The number of hydrogen-bond donors (Lipinski definition) is 4. The van der Waals surface area contributed by atoms with Crippen molar-refractivity contribution in [3.8, 4) is 0 Å². The number of hydrogen-bond acceptors (Lipinski definition) is 7. The number of benzene rings is 2. The number of nitrogens with two attached hydrogens (primary N) is 2. The molecule has 0 radical (unpaired) electrons. The highest BCUT2D eigenvalue weighted by Crippen LogP contribution is 2.42. The van der Waals surface area contributed by atoms with Crippen molar-refractivity contribution in [3.63, 3.8) is 0 Å². The van der Waals surface area contributed by atoms with E-state index in [1.165, 1.54) is 6.33 Å². The van der Waals surface area contributed by atoms with Gasteiger partial charge in [0.25, 0.3) is 0 Å². The second kappa shape index (κ2) is 8.30. The molecule has 2 aromatic carbocycles. The van der Waals surface area contributed by atoms with Crippen LogP contribution >= 0.6 is 15.9 Å². The number of rotatable bonds is 3. The van der Waals surface area contributed by atoms with Gasteiger partial charge < -0.3 is 26.2 Å². The van der Waals surface area contributed by atoms with Crippen molar-refractivity contribution in [2.75, 3.05) is 11.5 Å². The standard InChI is InChI=1S/C26H23BrN6O2/c27-17-10-14-7-5-13(9-18(14)32-24(17)28)6-8-15-11-20(23(35)22(15)34)33-19-4-2-1-3-16(19)21-25(29)30-12-31-26(21)33/h1-10,12,15,20,22-23,34-35H,11H2,(H2,28,32)(H2,29,30,31)/b8-6+/t15-,20+,22+,23-/m0/s1. The summed E-state index contributed by atoms with van der Waals surface area (Å²) in [5, 5.41) is 24.7. The van der Waals surface area contributed by atoms with E-state index >= 15 is 0 Å². The van der Waals surface area contributed by atoms with Gasteiger partial charge in [0.1, 0.15) is 29.7 Å². The first-order chi connectivity index (χ1) is 16.9. The molecule has 5 aromatic rings. The van der Waals surface area contributed by atoms with Gasteiger partial charge in [-0.1, -0.05) is 42.5 Å². The van der Waals surface area contributed by atoms with E-state index in [2.05, 4.69) is 30.9 Å². The molecule has 0 unspecified atom stereocenters. The molecule has 6 rings (SSSR count). The second-order valence-electron chi connectivity index (χ2n) is 8.96. The fourth-order valence-corrected chi connectivity index (χ4v) is 5.51. The highest BCUT2D eigenvalue weighted by Gasteiger charge is 2.42. The van der Waals surface area contributed by atoms with Gasteiger partial charge in [0, 0.05) is 16.7 Å². The number of aliphatic hydroxyl groups is 2. The molecule has 0 amide bonds. The summed E-state index contributed by atoms with van der Waals surface area (Å²) in [5.74, 6) is 0.586. The van der Waals surface area contributed by atoms with E-state index in [-0.39, 0.29) is 12.0 Å². The zero-order valence-electron chi connectivity index (χ0n) is 18.6. The van der Waals surface area contributed by atoms with E-state index in [1.807, 2.05) is 65.3 Å². The topological polar surface area (TPSA) is 136 Å². The zero-order chi connectivity index (χ0) is 24.3. The Balaban J connectivity index is 1.36. The van der Waals surface area contributed by atoms with Gasteiger partial charge in [0.15, 0.2) is 0 Å². The minimum absolute atomic E-state index is 0.246. The maximum atomic E-state index is 11.1. The van der Waals surface area contributed by atoms with Gasteiger partial charge in [-0.25, -0.2) is 15.0 Å². The van der Waals surface area contributed by atoms with Crippen LogP contribution in [-0.2, 0) is 0 Å². The van der Waals surface area contributed by atoms with Gasteiger partial charge in [-0.05, 0) is 46.1 Å². The summed E-state index contributed by atoms with van der Waals surface area (Å²) in [6.07, 6.45) is 4.00. The number of anilines is 2. The molecule has 4 atom stereocenters. The van der Waals surface area contributed by atoms with Crippen LogP contribution in [0.15, 0.2) is 65.4 Å². The molecule has 9 heteroatoms. The molecule has 0 saturated heterocycles. The van der Waals surface area contributed by atoms with Crippen LogP contribution in [0.5, 0.6) is 0 Å². The summed E-state index contributed by atoms with van der Waals surface area (Å²) in [4.78, 5) is 13.1. The number of para-hydroxylation sites is 1. The average molecular weight is 531 g/mol. The first-order valence-electron chi connectivity index (χ1n) is 11.3. The number of aliphatic hydroxyl groups excluding tert-OH is 2. The summed E-state index contributed by atoms with van der Waals surface area (Å²) >= 11 is 3.41. The molecule has 1 fully saturated rings. The molecule has 0 aliphatic heterocycles. The van der Waals surface area contributed by atoms with E-state index < -0.39 is 12.2 Å². The van der Waals surface area contributed by atoms with Crippen molar-refractivity contribution < 1.29 is 10.2 Å². The molecule has 3 aromatic heterocycles. The lowest BCUT2D eigenvalue weighted by atomic mass is 10.0. The predicted octanol–water partition coefficient (Wildman–Crippen LogP) is 4.06. The van der Waals surface area contributed by atoms with Gasteiger partial charge in [-0.3, -0.25) is 0 Å². The Bertz CT molecular complexity index is 1630. The Kier molecular flexibility index (Phi) is 5.21. The fourth-order valence-electron chi connectivity index (χ4n) is 5.18. The van der Waals surface area contributed by atoms with E-state index in [1.54, 1.807) is 0 Å². The lowest BCUT2D eigenvalue weighted by Gasteiger charge is -2.20. The molecule has 3 heterocycles. The molecule has 0 spiro atoms. The normalized spacial score (nSPS) is 22.7. The van der Waals surface area contributed by atoms with Crippen molar-refractivity contribution in [2.24, 2.45) is 5.92 Å². The van der Waals surface area contributed by atoms with Crippen molar-refractivity contribution in [1.82, 2.24) is 19.5 Å². The SMILES string of the molecule is Nc1nc2cc(/C=C/[C@H]3C[C@@H](n4c5ccccc5c5c(N)ncnc54)[C@H](O)[C@@H]3O)ccc2cc1Br. The lowest BCUT2D eigenvalue weighted by molar-refractivity contribution is 0.0145. The van der Waals surface area contributed by atoms with Crippen LogP contribution in [-0.4, -0.2) is 41.9 Å².